The topological polar surface area (TPSA) is 46.2 Å². The van der Waals surface area contributed by atoms with E-state index in [1.54, 1.807) is 0 Å². The third kappa shape index (κ3) is 4.91. The lowest BCUT2D eigenvalue weighted by atomic mass is 9.88. The van der Waals surface area contributed by atoms with E-state index in [2.05, 4.69) is 5.32 Å². The molecule has 0 aromatic heterocycles. The summed E-state index contributed by atoms with van der Waals surface area (Å²) in [7, 11) is 1.33. The van der Waals surface area contributed by atoms with Crippen molar-refractivity contribution in [3.05, 3.63) is 70.5 Å². The summed E-state index contributed by atoms with van der Waals surface area (Å²) in [6.07, 6.45) is -3.76. The fourth-order valence-electron chi connectivity index (χ4n) is 2.72. The van der Waals surface area contributed by atoms with Crippen molar-refractivity contribution in [1.82, 2.24) is 5.32 Å². The van der Waals surface area contributed by atoms with E-state index in [9.17, 15) is 27.2 Å². The minimum Gasteiger partial charge on any atom is -0.355 e. The highest BCUT2D eigenvalue weighted by molar-refractivity contribution is 5.94. The Kier molecular flexibility index (Phi) is 6.13. The molecular formula is C19H17F4NO2. The Hall–Kier alpha value is -2.70. The van der Waals surface area contributed by atoms with E-state index in [1.165, 1.54) is 37.4 Å². The van der Waals surface area contributed by atoms with Gasteiger partial charge in [-0.2, -0.15) is 13.2 Å². The van der Waals surface area contributed by atoms with Crippen LogP contribution in [0.1, 0.15) is 39.4 Å². The molecule has 0 fully saturated rings. The van der Waals surface area contributed by atoms with Gasteiger partial charge in [0, 0.05) is 19.0 Å². The summed E-state index contributed by atoms with van der Waals surface area (Å²) in [4.78, 5) is 22.8. The second kappa shape index (κ2) is 8.12. The van der Waals surface area contributed by atoms with E-state index >= 15 is 0 Å². The summed E-state index contributed by atoms with van der Waals surface area (Å²) in [5, 5.41) is 2.30. The van der Waals surface area contributed by atoms with Crippen molar-refractivity contribution < 1.29 is 27.2 Å². The lowest BCUT2D eigenvalue weighted by Crippen LogP contribution is -2.19. The van der Waals surface area contributed by atoms with E-state index in [-0.39, 0.29) is 24.0 Å². The van der Waals surface area contributed by atoms with Crippen molar-refractivity contribution in [2.45, 2.75) is 24.9 Å². The largest absolute Gasteiger partial charge is 0.416 e. The molecule has 0 bridgehead atoms. The molecule has 7 heteroatoms. The number of aldehydes is 1. The molecule has 0 aliphatic rings. The highest BCUT2D eigenvalue weighted by Gasteiger charge is 2.32. The first-order chi connectivity index (χ1) is 12.2. The standard InChI is InChI=1S/C19H17F4NO2/c1-24-18(26)15-9-12(10-16(11-15)19(21,22)23)8-14(6-7-25)13-2-4-17(20)5-3-13/h2-5,7,9-11,14H,6,8H2,1H3,(H,24,26). The molecule has 2 aromatic carbocycles. The zero-order valence-corrected chi connectivity index (χ0v) is 13.9. The highest BCUT2D eigenvalue weighted by atomic mass is 19.4. The third-order valence-corrected chi connectivity index (χ3v) is 4.01. The molecule has 0 aliphatic carbocycles. The van der Waals surface area contributed by atoms with E-state index in [0.29, 0.717) is 11.8 Å². The lowest BCUT2D eigenvalue weighted by molar-refractivity contribution is -0.137. The number of rotatable bonds is 6. The highest BCUT2D eigenvalue weighted by Crippen LogP contribution is 2.32. The summed E-state index contributed by atoms with van der Waals surface area (Å²) in [6, 6.07) is 8.58. The first-order valence-electron chi connectivity index (χ1n) is 7.87. The Morgan fingerprint density at radius 2 is 1.81 bits per heavy atom. The minimum absolute atomic E-state index is 0.0667. The predicted molar refractivity (Wildman–Crippen MR) is 88.4 cm³/mol. The molecule has 0 spiro atoms. The average Bonchev–Trinajstić information content (AvgIpc) is 2.60. The summed E-state index contributed by atoms with van der Waals surface area (Å²) in [5.74, 6) is -1.50. The van der Waals surface area contributed by atoms with Gasteiger partial charge in [-0.1, -0.05) is 12.1 Å². The molecule has 138 valence electrons. The smallest absolute Gasteiger partial charge is 0.355 e. The molecule has 2 rings (SSSR count). The van der Waals surface area contributed by atoms with Crippen LogP contribution in [0.25, 0.3) is 0 Å². The normalized spacial score (nSPS) is 12.5. The van der Waals surface area contributed by atoms with Crippen molar-refractivity contribution in [2.24, 2.45) is 0 Å². The number of carbonyl (C=O) groups is 2. The molecule has 0 radical (unpaired) electrons. The van der Waals surface area contributed by atoms with Crippen LogP contribution >= 0.6 is 0 Å². The van der Waals surface area contributed by atoms with Gasteiger partial charge in [0.2, 0.25) is 0 Å². The molecule has 1 N–H and O–H groups in total. The predicted octanol–water partition coefficient (Wildman–Crippen LogP) is 4.12. The average molecular weight is 367 g/mol. The second-order valence-corrected chi connectivity index (χ2v) is 5.85. The van der Waals surface area contributed by atoms with Crippen molar-refractivity contribution in [3.8, 4) is 0 Å². The maximum atomic E-state index is 13.1. The molecule has 1 unspecified atom stereocenters. The molecule has 26 heavy (non-hydrogen) atoms. The molecule has 2 aromatic rings. The van der Waals surface area contributed by atoms with E-state index < -0.39 is 29.4 Å². The Morgan fingerprint density at radius 3 is 2.35 bits per heavy atom. The van der Waals surface area contributed by atoms with Gasteiger partial charge in [0.1, 0.15) is 12.1 Å². The first-order valence-corrected chi connectivity index (χ1v) is 7.87. The lowest BCUT2D eigenvalue weighted by Gasteiger charge is -2.17. The second-order valence-electron chi connectivity index (χ2n) is 5.85. The Balaban J connectivity index is 2.42. The van der Waals surface area contributed by atoms with Gasteiger partial charge in [0.15, 0.2) is 0 Å². The van der Waals surface area contributed by atoms with E-state index in [4.69, 9.17) is 0 Å². The Labute approximate surface area is 148 Å². The number of nitrogens with one attached hydrogen (secondary N) is 1. The van der Waals surface area contributed by atoms with Crippen LogP contribution in [0.5, 0.6) is 0 Å². The minimum atomic E-state index is -4.60. The Morgan fingerprint density at radius 1 is 1.15 bits per heavy atom. The number of carbonyl (C=O) groups excluding carboxylic acids is 2. The zero-order chi connectivity index (χ0) is 19.3. The third-order valence-electron chi connectivity index (χ3n) is 4.01. The molecule has 3 nitrogen and oxygen atoms in total. The summed E-state index contributed by atoms with van der Waals surface area (Å²) in [6.45, 7) is 0. The molecular weight excluding hydrogens is 350 g/mol. The van der Waals surface area contributed by atoms with Gasteiger partial charge in [-0.15, -0.1) is 0 Å². The van der Waals surface area contributed by atoms with Gasteiger partial charge in [-0.25, -0.2) is 4.39 Å². The maximum absolute atomic E-state index is 13.1. The van der Waals surface area contributed by atoms with Crippen LogP contribution in [0, 0.1) is 5.82 Å². The van der Waals surface area contributed by atoms with Crippen LogP contribution in [0.4, 0.5) is 17.6 Å². The van der Waals surface area contributed by atoms with Crippen molar-refractivity contribution >= 4 is 12.2 Å². The van der Waals surface area contributed by atoms with Crippen LogP contribution in [0.2, 0.25) is 0 Å². The number of alkyl halides is 3. The number of hydrogen-bond donors (Lipinski definition) is 1. The SMILES string of the molecule is CNC(=O)c1cc(CC(CC=O)c2ccc(F)cc2)cc(C(F)(F)F)c1. The summed E-state index contributed by atoms with van der Waals surface area (Å²) < 4.78 is 52.5. The van der Waals surface area contributed by atoms with Crippen molar-refractivity contribution in [3.63, 3.8) is 0 Å². The molecule has 1 amide bonds. The van der Waals surface area contributed by atoms with Crippen LogP contribution < -0.4 is 5.32 Å². The fraction of sp³-hybridized carbons (Fsp3) is 0.263. The Bertz CT molecular complexity index is 785. The monoisotopic (exact) mass is 367 g/mol. The van der Waals surface area contributed by atoms with Gasteiger partial charge < -0.3 is 10.1 Å². The van der Waals surface area contributed by atoms with Crippen LogP contribution in [0.3, 0.4) is 0 Å². The number of hydrogen-bond acceptors (Lipinski definition) is 2. The van der Waals surface area contributed by atoms with Gasteiger partial charge >= 0.3 is 6.18 Å². The molecule has 0 heterocycles. The number of halogens is 4. The molecule has 0 saturated carbocycles. The first kappa shape index (κ1) is 19.6. The van der Waals surface area contributed by atoms with Gasteiger partial charge in [0.05, 0.1) is 5.56 Å². The maximum Gasteiger partial charge on any atom is 0.416 e. The van der Waals surface area contributed by atoms with Crippen molar-refractivity contribution in [2.75, 3.05) is 7.05 Å². The van der Waals surface area contributed by atoms with E-state index in [1.807, 2.05) is 0 Å². The molecule has 0 saturated heterocycles. The zero-order valence-electron chi connectivity index (χ0n) is 13.9. The van der Waals surface area contributed by atoms with E-state index in [0.717, 1.165) is 12.1 Å². The number of benzene rings is 2. The summed E-state index contributed by atoms with van der Waals surface area (Å²) >= 11 is 0. The van der Waals surface area contributed by atoms with Crippen LogP contribution in [0.15, 0.2) is 42.5 Å². The quantitative estimate of drug-likeness (QED) is 0.617. The van der Waals surface area contributed by atoms with Gasteiger partial charge in [0.25, 0.3) is 5.91 Å². The fourth-order valence-corrected chi connectivity index (χ4v) is 2.72. The molecule has 0 aliphatic heterocycles. The van der Waals surface area contributed by atoms with Gasteiger partial charge in [-0.05, 0) is 53.8 Å². The van der Waals surface area contributed by atoms with Gasteiger partial charge in [-0.3, -0.25) is 4.79 Å². The van der Waals surface area contributed by atoms with Crippen molar-refractivity contribution in [1.29, 1.82) is 0 Å². The molecule has 1 atom stereocenters. The summed E-state index contributed by atoms with van der Waals surface area (Å²) in [5.41, 5.74) is -0.133. The van der Waals surface area contributed by atoms with Crippen LogP contribution in [-0.4, -0.2) is 19.2 Å². The van der Waals surface area contributed by atoms with Crippen LogP contribution in [-0.2, 0) is 17.4 Å². The number of amides is 1.